The third-order valence-corrected chi connectivity index (χ3v) is 7.98. The number of rotatable bonds is 20. The monoisotopic (exact) mass is 629 g/mol. The molecule has 0 bridgehead atoms. The van der Waals surface area contributed by atoms with E-state index in [0.717, 1.165) is 18.5 Å². The van der Waals surface area contributed by atoms with Gasteiger partial charge < -0.3 is 14.8 Å². The molecule has 44 heavy (non-hydrogen) atoms. The van der Waals surface area contributed by atoms with Crippen LogP contribution in [-0.4, -0.2) is 44.9 Å². The minimum absolute atomic E-state index is 0.0179. The topological polar surface area (TPSA) is 111 Å². The molecule has 3 aromatic rings. The average Bonchev–Trinajstić information content (AvgIpc) is 3.54. The van der Waals surface area contributed by atoms with Gasteiger partial charge in [0.25, 0.3) is 0 Å². The summed E-state index contributed by atoms with van der Waals surface area (Å²) in [4.78, 5) is 29.6. The van der Waals surface area contributed by atoms with Gasteiger partial charge in [-0.2, -0.15) is 4.63 Å². The van der Waals surface area contributed by atoms with Crippen molar-refractivity contribution >= 4 is 34.8 Å². The molecule has 0 unspecified atom stereocenters. The molecule has 0 fully saturated rings. The lowest BCUT2D eigenvalue weighted by molar-refractivity contribution is -0.144. The van der Waals surface area contributed by atoms with Crippen LogP contribution in [0.15, 0.2) is 18.2 Å². The predicted molar refractivity (Wildman–Crippen MR) is 178 cm³/mol. The number of esters is 1. The number of nitrogens with zero attached hydrogens (tertiary/aromatic N) is 3. The number of fused-ring (bicyclic) bond motifs is 1. The zero-order valence-electron chi connectivity index (χ0n) is 27.4. The Hall–Kier alpha value is -3.07. The third kappa shape index (κ3) is 11.1. The maximum Gasteiger partial charge on any atom is 0.306 e. The van der Waals surface area contributed by atoms with Gasteiger partial charge in [0.05, 0.1) is 31.0 Å². The number of carbonyl (C=O) groups is 2. The van der Waals surface area contributed by atoms with Crippen molar-refractivity contribution in [1.29, 1.82) is 0 Å². The van der Waals surface area contributed by atoms with Gasteiger partial charge in [0.1, 0.15) is 10.8 Å². The first-order chi connectivity index (χ1) is 21.1. The van der Waals surface area contributed by atoms with Crippen LogP contribution in [0.3, 0.4) is 0 Å². The van der Waals surface area contributed by atoms with E-state index < -0.39 is 0 Å². The lowest BCUT2D eigenvalue weighted by Crippen LogP contribution is -2.15. The van der Waals surface area contributed by atoms with Crippen molar-refractivity contribution in [2.24, 2.45) is 0 Å². The van der Waals surface area contributed by atoms with E-state index in [1.165, 1.54) is 64.2 Å². The van der Waals surface area contributed by atoms with Crippen LogP contribution in [0.25, 0.3) is 17.0 Å². The number of unbranched alkanes of at least 4 members (excludes halogenated alkanes) is 11. The summed E-state index contributed by atoms with van der Waals surface area (Å²) < 4.78 is 12.6. The van der Waals surface area contributed by atoms with Crippen molar-refractivity contribution in [1.82, 2.24) is 19.8 Å². The fourth-order valence-corrected chi connectivity index (χ4v) is 5.54. The molecule has 1 aromatic carbocycles. The van der Waals surface area contributed by atoms with Crippen LogP contribution in [0.1, 0.15) is 130 Å². The first kappa shape index (κ1) is 35.4. The largest absolute Gasteiger partial charge is 0.492 e. The van der Waals surface area contributed by atoms with E-state index in [9.17, 15) is 9.59 Å². The van der Waals surface area contributed by atoms with Gasteiger partial charge in [-0.1, -0.05) is 110 Å². The van der Waals surface area contributed by atoms with Crippen molar-refractivity contribution < 1.29 is 19.1 Å². The number of ether oxygens (including phenoxy) is 2. The van der Waals surface area contributed by atoms with Crippen LogP contribution in [0.4, 0.5) is 5.69 Å². The first-order valence-corrected chi connectivity index (χ1v) is 16.9. The molecule has 1 amide bonds. The highest BCUT2D eigenvalue weighted by molar-refractivity contribution is 6.34. The van der Waals surface area contributed by atoms with Crippen LogP contribution < -0.4 is 10.1 Å². The molecule has 0 radical (unpaired) electrons. The van der Waals surface area contributed by atoms with Crippen LogP contribution >= 0.6 is 11.6 Å². The molecule has 2 N–H and O–H groups in total. The summed E-state index contributed by atoms with van der Waals surface area (Å²) in [6.45, 7) is 11.2. The molecule has 2 heterocycles. The van der Waals surface area contributed by atoms with Crippen molar-refractivity contribution in [3.63, 3.8) is 0 Å². The highest BCUT2D eigenvalue weighted by Crippen LogP contribution is 2.34. The van der Waals surface area contributed by atoms with E-state index in [-0.39, 0.29) is 30.1 Å². The molecule has 0 saturated carbocycles. The molecule has 2 aromatic heterocycles. The van der Waals surface area contributed by atoms with E-state index in [2.05, 4.69) is 48.2 Å². The van der Waals surface area contributed by atoms with Gasteiger partial charge in [-0.3, -0.25) is 14.7 Å². The van der Waals surface area contributed by atoms with Crippen molar-refractivity contribution in [2.45, 2.75) is 130 Å². The standard InChI is InChI=1S/C34H52ClN5O4/c1-6-8-9-10-11-12-13-14-15-16-17-18-23-44-29(42)22-21-28(41)36-26-24-25(19-20-27(26)43-7-2)32-37-33-30(35)31(34(3,4)5)38-40(33)39-32/h19-20,24,38H,6-18,21-23H2,1-5H3,(H,36,41). The normalized spacial score (nSPS) is 11.7. The smallest absolute Gasteiger partial charge is 0.306 e. The van der Waals surface area contributed by atoms with Crippen LogP contribution in [0, 0.1) is 0 Å². The van der Waals surface area contributed by atoms with Gasteiger partial charge in [-0.25, -0.2) is 4.98 Å². The minimum Gasteiger partial charge on any atom is -0.492 e. The van der Waals surface area contributed by atoms with E-state index in [1.807, 2.05) is 13.0 Å². The molecule has 9 nitrogen and oxygen atoms in total. The molecular formula is C34H52ClN5O4. The molecule has 10 heteroatoms. The molecule has 0 spiro atoms. The second-order valence-corrected chi connectivity index (χ2v) is 12.9. The average molecular weight is 630 g/mol. The predicted octanol–water partition coefficient (Wildman–Crippen LogP) is 9.04. The minimum atomic E-state index is -0.356. The second kappa shape index (κ2) is 18.0. The SMILES string of the molecule is CCCCCCCCCCCCCCOC(=O)CCC(=O)Nc1cc(-c2nc3c(Cl)c(C(C)(C)C)[nH]n3n2)ccc1OCC. The van der Waals surface area contributed by atoms with E-state index >= 15 is 0 Å². The zero-order chi connectivity index (χ0) is 32.0. The van der Waals surface area contributed by atoms with Gasteiger partial charge in [0.15, 0.2) is 11.5 Å². The number of amides is 1. The van der Waals surface area contributed by atoms with Crippen molar-refractivity contribution in [3.05, 3.63) is 28.9 Å². The Labute approximate surface area is 267 Å². The highest BCUT2D eigenvalue weighted by atomic mass is 35.5. The van der Waals surface area contributed by atoms with Crippen molar-refractivity contribution in [2.75, 3.05) is 18.5 Å². The summed E-state index contributed by atoms with van der Waals surface area (Å²) in [6.07, 6.45) is 15.1. The van der Waals surface area contributed by atoms with Crippen LogP contribution in [0.5, 0.6) is 5.75 Å². The third-order valence-electron chi connectivity index (χ3n) is 7.62. The number of H-pyrrole nitrogens is 1. The highest BCUT2D eigenvalue weighted by Gasteiger charge is 2.24. The summed E-state index contributed by atoms with van der Waals surface area (Å²) in [6, 6.07) is 5.37. The number of halogens is 1. The Bertz CT molecular complexity index is 1330. The number of carbonyl (C=O) groups excluding carboxylic acids is 2. The zero-order valence-corrected chi connectivity index (χ0v) is 28.2. The summed E-state index contributed by atoms with van der Waals surface area (Å²) >= 11 is 6.59. The molecule has 0 aliphatic carbocycles. The van der Waals surface area contributed by atoms with E-state index in [4.69, 9.17) is 21.1 Å². The summed E-state index contributed by atoms with van der Waals surface area (Å²) in [7, 11) is 0. The summed E-state index contributed by atoms with van der Waals surface area (Å²) in [5.41, 5.74) is 2.38. The molecule has 0 aliphatic rings. The summed E-state index contributed by atoms with van der Waals surface area (Å²) in [5, 5.41) is 11.2. The molecule has 244 valence electrons. The van der Waals surface area contributed by atoms with Gasteiger partial charge in [0.2, 0.25) is 5.91 Å². The van der Waals surface area contributed by atoms with Crippen LogP contribution in [-0.2, 0) is 19.7 Å². The quantitative estimate of drug-likeness (QED) is 0.0953. The van der Waals surface area contributed by atoms with Crippen LogP contribution in [0.2, 0.25) is 5.02 Å². The Balaban J connectivity index is 1.41. The number of aromatic amines is 1. The van der Waals surface area contributed by atoms with E-state index in [0.29, 0.717) is 46.7 Å². The number of anilines is 1. The van der Waals surface area contributed by atoms with E-state index in [1.54, 1.807) is 16.8 Å². The Morgan fingerprint density at radius 3 is 2.16 bits per heavy atom. The molecule has 0 atom stereocenters. The second-order valence-electron chi connectivity index (χ2n) is 12.5. The Kier molecular flexibility index (Phi) is 14.5. The summed E-state index contributed by atoms with van der Waals surface area (Å²) in [5.74, 6) is 0.328. The molecule has 3 rings (SSSR count). The molecular weight excluding hydrogens is 578 g/mol. The number of hydrogen-bond donors (Lipinski definition) is 2. The lowest BCUT2D eigenvalue weighted by Gasteiger charge is -2.16. The van der Waals surface area contributed by atoms with Gasteiger partial charge in [0, 0.05) is 17.4 Å². The lowest BCUT2D eigenvalue weighted by atomic mass is 9.92. The Morgan fingerprint density at radius 2 is 1.57 bits per heavy atom. The number of nitrogens with one attached hydrogen (secondary N) is 2. The molecule has 0 aliphatic heterocycles. The van der Waals surface area contributed by atoms with Gasteiger partial charge in [-0.05, 0) is 31.5 Å². The number of benzene rings is 1. The fraction of sp³-hybridized carbons (Fsp3) is 0.647. The Morgan fingerprint density at radius 1 is 0.932 bits per heavy atom. The number of aromatic nitrogens is 4. The fourth-order valence-electron chi connectivity index (χ4n) is 5.10. The first-order valence-electron chi connectivity index (χ1n) is 16.5. The maximum absolute atomic E-state index is 12.8. The molecule has 0 saturated heterocycles. The van der Waals surface area contributed by atoms with Gasteiger partial charge >= 0.3 is 5.97 Å². The van der Waals surface area contributed by atoms with Gasteiger partial charge in [-0.15, -0.1) is 5.10 Å². The maximum atomic E-state index is 12.8. The van der Waals surface area contributed by atoms with Crippen molar-refractivity contribution in [3.8, 4) is 17.1 Å². The number of hydrogen-bond acceptors (Lipinski definition) is 6.